The number of nitrogens with one attached hydrogen (secondary N) is 3. The minimum atomic E-state index is -5.28. The topological polar surface area (TPSA) is 103 Å². The highest BCUT2D eigenvalue weighted by atomic mass is 32.2. The van der Waals surface area contributed by atoms with Gasteiger partial charge in [0, 0.05) is 45.3 Å². The predicted octanol–water partition coefficient (Wildman–Crippen LogP) is 1.07. The Kier molecular flexibility index (Phi) is 8.07. The number of hydrogen-bond donors (Lipinski definition) is 3. The van der Waals surface area contributed by atoms with Crippen LogP contribution in [0.5, 0.6) is 0 Å². The highest BCUT2D eigenvalue weighted by Gasteiger charge is 2.50. The number of amides is 1. The summed E-state index contributed by atoms with van der Waals surface area (Å²) < 4.78 is 61.4. The maximum Gasteiger partial charge on any atom is 0.511 e. The molecule has 1 aromatic carbocycles. The Bertz CT molecular complexity index is 866. The first-order chi connectivity index (χ1) is 14.1. The number of guanidine groups is 1. The summed E-state index contributed by atoms with van der Waals surface area (Å²) in [5, 5.41) is 8.80. The molecule has 0 radical (unpaired) electrons. The summed E-state index contributed by atoms with van der Waals surface area (Å²) in [5.41, 5.74) is -3.75. The van der Waals surface area contributed by atoms with Crippen LogP contribution in [0.4, 0.5) is 13.2 Å². The molecule has 168 valence electrons. The van der Waals surface area contributed by atoms with Crippen molar-refractivity contribution in [1.82, 2.24) is 20.3 Å². The highest BCUT2D eigenvalue weighted by molar-refractivity contribution is 7.90. The number of nitrogens with zero attached hydrogens (tertiary/aromatic N) is 2. The summed E-state index contributed by atoms with van der Waals surface area (Å²) in [4.78, 5) is 15.8. The SMILES string of the molecule is CN=C(NCCc1cccc(C(=O)NC)c1)NC1CCN(S(=O)(=O)C(F)(F)F)CC1. The molecular formula is C18H26F3N5O3S. The summed E-state index contributed by atoms with van der Waals surface area (Å²) in [6, 6.07) is 7.04. The van der Waals surface area contributed by atoms with Crippen LogP contribution in [0.3, 0.4) is 0 Å². The Morgan fingerprint density at radius 1 is 1.27 bits per heavy atom. The minimum Gasteiger partial charge on any atom is -0.356 e. The van der Waals surface area contributed by atoms with Gasteiger partial charge in [0.25, 0.3) is 5.91 Å². The van der Waals surface area contributed by atoms with E-state index in [-0.39, 0.29) is 37.9 Å². The molecule has 2 rings (SSSR count). The molecule has 1 aliphatic heterocycles. The van der Waals surface area contributed by atoms with Gasteiger partial charge in [-0.1, -0.05) is 12.1 Å². The lowest BCUT2D eigenvalue weighted by atomic mass is 10.1. The Balaban J connectivity index is 1.82. The van der Waals surface area contributed by atoms with Gasteiger partial charge in [0.15, 0.2) is 5.96 Å². The maximum absolute atomic E-state index is 12.7. The van der Waals surface area contributed by atoms with Gasteiger partial charge in [-0.2, -0.15) is 17.5 Å². The van der Waals surface area contributed by atoms with Crippen molar-refractivity contribution in [2.45, 2.75) is 30.8 Å². The molecule has 0 aliphatic carbocycles. The predicted molar refractivity (Wildman–Crippen MR) is 108 cm³/mol. The molecule has 30 heavy (non-hydrogen) atoms. The standard InChI is InChI=1S/C18H26F3N5O3S/c1-22-16(27)14-5-3-4-13(12-14)6-9-24-17(23-2)25-15-7-10-26(11-8-15)30(28,29)18(19,20)21/h3-5,12,15H,6-11H2,1-2H3,(H,22,27)(H2,23,24,25). The van der Waals surface area contributed by atoms with Crippen LogP contribution in [0, 0.1) is 0 Å². The van der Waals surface area contributed by atoms with E-state index in [2.05, 4.69) is 20.9 Å². The molecule has 0 atom stereocenters. The average molecular weight is 449 g/mol. The summed E-state index contributed by atoms with van der Waals surface area (Å²) in [5.74, 6) is 0.316. The van der Waals surface area contributed by atoms with E-state index in [1.165, 1.54) is 0 Å². The van der Waals surface area contributed by atoms with Crippen LogP contribution in [-0.2, 0) is 16.4 Å². The van der Waals surface area contributed by atoms with Crippen molar-refractivity contribution in [3.05, 3.63) is 35.4 Å². The van der Waals surface area contributed by atoms with E-state index in [4.69, 9.17) is 0 Å². The average Bonchev–Trinajstić information content (AvgIpc) is 2.72. The Hall–Kier alpha value is -2.34. The van der Waals surface area contributed by atoms with E-state index < -0.39 is 15.5 Å². The van der Waals surface area contributed by atoms with E-state index in [0.29, 0.717) is 28.8 Å². The number of piperidine rings is 1. The van der Waals surface area contributed by atoms with Crippen molar-refractivity contribution in [3.8, 4) is 0 Å². The van der Waals surface area contributed by atoms with Crippen molar-refractivity contribution in [1.29, 1.82) is 0 Å². The largest absolute Gasteiger partial charge is 0.511 e. The lowest BCUT2D eigenvalue weighted by Gasteiger charge is -2.32. The zero-order valence-corrected chi connectivity index (χ0v) is 17.6. The quantitative estimate of drug-likeness (QED) is 0.445. The number of rotatable bonds is 6. The van der Waals surface area contributed by atoms with Gasteiger partial charge in [-0.05, 0) is 37.0 Å². The molecule has 0 aromatic heterocycles. The zero-order valence-electron chi connectivity index (χ0n) is 16.8. The highest BCUT2D eigenvalue weighted by Crippen LogP contribution is 2.28. The molecular weight excluding hydrogens is 423 g/mol. The van der Waals surface area contributed by atoms with Crippen molar-refractivity contribution in [2.75, 3.05) is 33.7 Å². The van der Waals surface area contributed by atoms with Crippen LogP contribution >= 0.6 is 0 Å². The zero-order chi connectivity index (χ0) is 22.4. The van der Waals surface area contributed by atoms with Crippen LogP contribution in [0.25, 0.3) is 0 Å². The van der Waals surface area contributed by atoms with Gasteiger partial charge in [0.2, 0.25) is 0 Å². The lowest BCUT2D eigenvalue weighted by Crippen LogP contribution is -2.51. The van der Waals surface area contributed by atoms with Crippen LogP contribution in [0.1, 0.15) is 28.8 Å². The van der Waals surface area contributed by atoms with Gasteiger partial charge in [-0.3, -0.25) is 9.79 Å². The van der Waals surface area contributed by atoms with Crippen LogP contribution in [0.15, 0.2) is 29.3 Å². The molecule has 8 nitrogen and oxygen atoms in total. The van der Waals surface area contributed by atoms with Gasteiger partial charge in [-0.15, -0.1) is 0 Å². The summed E-state index contributed by atoms with van der Waals surface area (Å²) in [6.07, 6.45) is 1.11. The maximum atomic E-state index is 12.7. The number of halogens is 3. The van der Waals surface area contributed by atoms with E-state index in [1.54, 1.807) is 32.3 Å². The number of carbonyl (C=O) groups excluding carboxylic acids is 1. The number of benzene rings is 1. The lowest BCUT2D eigenvalue weighted by molar-refractivity contribution is -0.0494. The smallest absolute Gasteiger partial charge is 0.356 e. The van der Waals surface area contributed by atoms with Crippen LogP contribution in [0.2, 0.25) is 0 Å². The minimum absolute atomic E-state index is 0.166. The molecule has 3 N–H and O–H groups in total. The third kappa shape index (κ3) is 6.08. The fraction of sp³-hybridized carbons (Fsp3) is 0.556. The molecule has 0 bridgehead atoms. The van der Waals surface area contributed by atoms with Crippen molar-refractivity contribution < 1.29 is 26.4 Å². The second kappa shape index (κ2) is 10.1. The molecule has 1 aliphatic rings. The van der Waals surface area contributed by atoms with E-state index in [0.717, 1.165) is 5.56 Å². The number of carbonyl (C=O) groups is 1. The fourth-order valence-corrected chi connectivity index (χ4v) is 4.10. The number of sulfonamides is 1. The third-order valence-corrected chi connectivity index (χ3v) is 6.40. The molecule has 1 fully saturated rings. The third-order valence-electron chi connectivity index (χ3n) is 4.77. The molecule has 0 unspecified atom stereocenters. The van der Waals surface area contributed by atoms with Gasteiger partial charge < -0.3 is 16.0 Å². The van der Waals surface area contributed by atoms with Crippen molar-refractivity contribution >= 4 is 21.9 Å². The van der Waals surface area contributed by atoms with Crippen LogP contribution in [-0.4, -0.2) is 69.9 Å². The fourth-order valence-electron chi connectivity index (χ4n) is 3.11. The normalized spacial score (nSPS) is 16.9. The first-order valence-electron chi connectivity index (χ1n) is 9.43. The second-order valence-electron chi connectivity index (χ2n) is 6.80. The van der Waals surface area contributed by atoms with E-state index >= 15 is 0 Å². The summed E-state index contributed by atoms with van der Waals surface area (Å²) in [7, 11) is -2.14. The molecule has 0 saturated carbocycles. The molecule has 1 heterocycles. The first kappa shape index (κ1) is 23.9. The molecule has 1 aromatic rings. The Morgan fingerprint density at radius 2 is 1.93 bits per heavy atom. The Morgan fingerprint density at radius 3 is 2.50 bits per heavy atom. The molecule has 12 heteroatoms. The van der Waals surface area contributed by atoms with E-state index in [1.807, 2.05) is 6.07 Å². The van der Waals surface area contributed by atoms with Gasteiger partial charge in [0.1, 0.15) is 0 Å². The summed E-state index contributed by atoms with van der Waals surface area (Å²) >= 11 is 0. The summed E-state index contributed by atoms with van der Waals surface area (Å²) in [6.45, 7) is 0.115. The monoisotopic (exact) mass is 449 g/mol. The number of alkyl halides is 3. The molecule has 1 saturated heterocycles. The van der Waals surface area contributed by atoms with Crippen molar-refractivity contribution in [3.63, 3.8) is 0 Å². The number of aliphatic imine (C=N–C) groups is 1. The van der Waals surface area contributed by atoms with Crippen molar-refractivity contribution in [2.24, 2.45) is 4.99 Å². The molecule has 1 amide bonds. The molecule has 0 spiro atoms. The van der Waals surface area contributed by atoms with E-state index in [9.17, 15) is 26.4 Å². The van der Waals surface area contributed by atoms with Gasteiger partial charge >= 0.3 is 15.5 Å². The first-order valence-corrected chi connectivity index (χ1v) is 10.9. The van der Waals surface area contributed by atoms with Gasteiger partial charge in [-0.25, -0.2) is 8.42 Å². The number of hydrogen-bond acceptors (Lipinski definition) is 4. The Labute approximate surface area is 174 Å². The van der Waals surface area contributed by atoms with Gasteiger partial charge in [0.05, 0.1) is 0 Å². The second-order valence-corrected chi connectivity index (χ2v) is 8.73. The van der Waals surface area contributed by atoms with Crippen LogP contribution < -0.4 is 16.0 Å².